The van der Waals surface area contributed by atoms with E-state index in [2.05, 4.69) is 47.0 Å². The number of aliphatic imine (C=N–C) groups is 1. The number of thiophene rings is 1. The fraction of sp³-hybridized carbons (Fsp3) is 0.688. The van der Waals surface area contributed by atoms with Gasteiger partial charge in [0.1, 0.15) is 0 Å². The van der Waals surface area contributed by atoms with E-state index in [-0.39, 0.29) is 29.4 Å². The Morgan fingerprint density at radius 1 is 1.38 bits per heavy atom. The molecule has 0 amide bonds. The van der Waals surface area contributed by atoms with E-state index in [1.165, 1.54) is 30.6 Å². The van der Waals surface area contributed by atoms with Gasteiger partial charge in [-0.15, -0.1) is 35.3 Å². The van der Waals surface area contributed by atoms with Crippen molar-refractivity contribution in [3.8, 4) is 0 Å². The predicted molar refractivity (Wildman–Crippen MR) is 104 cm³/mol. The van der Waals surface area contributed by atoms with Crippen molar-refractivity contribution in [2.75, 3.05) is 20.1 Å². The second-order valence-electron chi connectivity index (χ2n) is 6.30. The van der Waals surface area contributed by atoms with Gasteiger partial charge in [0.25, 0.3) is 0 Å². The molecule has 1 aliphatic carbocycles. The maximum absolute atomic E-state index is 4.30. The minimum Gasteiger partial charge on any atom is -0.356 e. The molecule has 0 spiro atoms. The Labute approximate surface area is 150 Å². The van der Waals surface area contributed by atoms with Crippen LogP contribution in [0.15, 0.2) is 22.5 Å². The molecule has 2 rings (SSSR count). The molecule has 1 aliphatic rings. The largest absolute Gasteiger partial charge is 0.356 e. The van der Waals surface area contributed by atoms with Crippen LogP contribution >= 0.6 is 35.3 Å². The van der Waals surface area contributed by atoms with E-state index >= 15 is 0 Å². The number of hydrogen-bond acceptors (Lipinski definition) is 2. The molecule has 0 unspecified atom stereocenters. The van der Waals surface area contributed by atoms with Crippen molar-refractivity contribution >= 4 is 41.3 Å². The third-order valence-corrected chi connectivity index (χ3v) is 5.12. The van der Waals surface area contributed by atoms with Crippen molar-refractivity contribution in [3.63, 3.8) is 0 Å². The monoisotopic (exact) mass is 421 g/mol. The highest BCUT2D eigenvalue weighted by atomic mass is 127. The Balaban J connectivity index is 0.00000220. The van der Waals surface area contributed by atoms with Crippen LogP contribution in [0.1, 0.15) is 44.4 Å². The summed E-state index contributed by atoms with van der Waals surface area (Å²) in [5.41, 5.74) is 0.139. The van der Waals surface area contributed by atoms with Crippen LogP contribution in [0.3, 0.4) is 0 Å². The Hall–Kier alpha value is -0.300. The summed E-state index contributed by atoms with van der Waals surface area (Å²) in [6.07, 6.45) is 5.51. The van der Waals surface area contributed by atoms with Gasteiger partial charge in [-0.2, -0.15) is 0 Å². The maximum atomic E-state index is 4.30. The lowest BCUT2D eigenvalue weighted by atomic mass is 9.91. The highest BCUT2D eigenvalue weighted by molar-refractivity contribution is 14.0. The maximum Gasteiger partial charge on any atom is 0.191 e. The molecule has 0 aliphatic heterocycles. The summed E-state index contributed by atoms with van der Waals surface area (Å²) in [4.78, 5) is 5.71. The van der Waals surface area contributed by atoms with Crippen LogP contribution in [-0.4, -0.2) is 26.1 Å². The van der Waals surface area contributed by atoms with Gasteiger partial charge in [0.15, 0.2) is 5.96 Å². The van der Waals surface area contributed by atoms with Crippen LogP contribution in [0, 0.1) is 5.92 Å². The molecule has 0 bridgehead atoms. The average molecular weight is 421 g/mol. The summed E-state index contributed by atoms with van der Waals surface area (Å²) >= 11 is 1.82. The normalized spacial score (nSPS) is 15.5. The molecule has 0 radical (unpaired) electrons. The van der Waals surface area contributed by atoms with Gasteiger partial charge < -0.3 is 10.6 Å². The van der Waals surface area contributed by atoms with Crippen LogP contribution in [0.5, 0.6) is 0 Å². The van der Waals surface area contributed by atoms with Crippen molar-refractivity contribution in [1.82, 2.24) is 10.6 Å². The van der Waals surface area contributed by atoms with Gasteiger partial charge in [-0.1, -0.05) is 32.8 Å². The number of guanidine groups is 1. The van der Waals surface area contributed by atoms with Crippen molar-refractivity contribution in [2.24, 2.45) is 10.9 Å². The number of nitrogens with one attached hydrogen (secondary N) is 2. The molecule has 120 valence electrons. The Bertz CT molecular complexity index is 425. The molecule has 2 N–H and O–H groups in total. The highest BCUT2D eigenvalue weighted by Crippen LogP contribution is 2.33. The molecule has 5 heteroatoms. The van der Waals surface area contributed by atoms with Crippen molar-refractivity contribution < 1.29 is 0 Å². The molecule has 1 saturated carbocycles. The predicted octanol–water partition coefficient (Wildman–Crippen LogP) is 4.00. The lowest BCUT2D eigenvalue weighted by Gasteiger charge is -2.25. The van der Waals surface area contributed by atoms with Gasteiger partial charge in [0.05, 0.1) is 0 Å². The topological polar surface area (TPSA) is 36.4 Å². The minimum atomic E-state index is 0. The van der Waals surface area contributed by atoms with Gasteiger partial charge in [0.2, 0.25) is 0 Å². The minimum absolute atomic E-state index is 0. The zero-order valence-corrected chi connectivity index (χ0v) is 16.5. The first-order valence-corrected chi connectivity index (χ1v) is 8.48. The van der Waals surface area contributed by atoms with E-state index in [1.807, 2.05) is 18.4 Å². The molecule has 1 aromatic rings. The fourth-order valence-electron chi connectivity index (χ4n) is 2.28. The summed E-state index contributed by atoms with van der Waals surface area (Å²) in [6, 6.07) is 4.32. The number of hydrogen-bond donors (Lipinski definition) is 2. The number of nitrogens with zero attached hydrogens (tertiary/aromatic N) is 1. The van der Waals surface area contributed by atoms with Crippen LogP contribution in [0.25, 0.3) is 0 Å². The van der Waals surface area contributed by atoms with Gasteiger partial charge in [-0.25, -0.2) is 0 Å². The van der Waals surface area contributed by atoms with Gasteiger partial charge >= 0.3 is 0 Å². The van der Waals surface area contributed by atoms with Gasteiger partial charge in [-0.05, 0) is 30.2 Å². The second-order valence-corrected chi connectivity index (χ2v) is 7.25. The van der Waals surface area contributed by atoms with E-state index in [1.54, 1.807) is 0 Å². The third-order valence-electron chi connectivity index (χ3n) is 3.89. The van der Waals surface area contributed by atoms with Gasteiger partial charge in [0, 0.05) is 30.4 Å². The van der Waals surface area contributed by atoms with Crippen LogP contribution < -0.4 is 10.6 Å². The van der Waals surface area contributed by atoms with E-state index in [4.69, 9.17) is 0 Å². The zero-order valence-electron chi connectivity index (χ0n) is 13.3. The van der Waals surface area contributed by atoms with Crippen LogP contribution in [0.2, 0.25) is 0 Å². The highest BCUT2D eigenvalue weighted by Gasteiger charge is 2.22. The van der Waals surface area contributed by atoms with E-state index in [0.717, 1.165) is 25.0 Å². The zero-order chi connectivity index (χ0) is 14.4. The van der Waals surface area contributed by atoms with Crippen LogP contribution in [0.4, 0.5) is 0 Å². The van der Waals surface area contributed by atoms with E-state index in [9.17, 15) is 0 Å². The lowest BCUT2D eigenvalue weighted by Crippen LogP contribution is -2.43. The summed E-state index contributed by atoms with van der Waals surface area (Å²) in [7, 11) is 1.84. The first kappa shape index (κ1) is 18.7. The standard InChI is InChI=1S/C16H27N3S.HI/c1-16(2,14-7-5-11-20-14)12-19-15(17-3)18-10-4-6-13-8-9-13;/h5,7,11,13H,4,6,8-10,12H2,1-3H3,(H2,17,18,19);1H. The molecule has 1 fully saturated rings. The Kier molecular flexibility index (Phi) is 8.02. The third kappa shape index (κ3) is 6.55. The lowest BCUT2D eigenvalue weighted by molar-refractivity contribution is 0.517. The molecular weight excluding hydrogens is 393 g/mol. The summed E-state index contributed by atoms with van der Waals surface area (Å²) in [5, 5.41) is 9.00. The molecule has 1 heterocycles. The molecule has 1 aromatic heterocycles. The van der Waals surface area contributed by atoms with Crippen molar-refractivity contribution in [1.29, 1.82) is 0 Å². The molecule has 0 saturated heterocycles. The summed E-state index contributed by atoms with van der Waals surface area (Å²) in [6.45, 7) is 6.46. The van der Waals surface area contributed by atoms with Crippen molar-refractivity contribution in [3.05, 3.63) is 22.4 Å². The number of rotatable bonds is 7. The average Bonchev–Trinajstić information content (AvgIpc) is 3.07. The van der Waals surface area contributed by atoms with E-state index < -0.39 is 0 Å². The Morgan fingerprint density at radius 3 is 2.71 bits per heavy atom. The molecule has 21 heavy (non-hydrogen) atoms. The molecule has 3 nitrogen and oxygen atoms in total. The summed E-state index contributed by atoms with van der Waals surface area (Å²) in [5.74, 6) is 1.94. The van der Waals surface area contributed by atoms with Crippen molar-refractivity contribution in [2.45, 2.75) is 44.9 Å². The quantitative estimate of drug-likeness (QED) is 0.302. The Morgan fingerprint density at radius 2 is 2.14 bits per heavy atom. The first-order chi connectivity index (χ1) is 9.62. The SMILES string of the molecule is CN=C(NCCCC1CC1)NCC(C)(C)c1cccs1.I. The second kappa shape index (κ2) is 8.98. The van der Waals surface area contributed by atoms with Crippen LogP contribution in [-0.2, 0) is 5.41 Å². The van der Waals surface area contributed by atoms with E-state index in [0.29, 0.717) is 0 Å². The first-order valence-electron chi connectivity index (χ1n) is 7.60. The summed E-state index contributed by atoms with van der Waals surface area (Å²) < 4.78 is 0. The fourth-order valence-corrected chi connectivity index (χ4v) is 3.13. The molecular formula is C16H28IN3S. The molecule has 0 aromatic carbocycles. The molecule has 0 atom stereocenters. The smallest absolute Gasteiger partial charge is 0.191 e. The van der Waals surface area contributed by atoms with Gasteiger partial charge in [-0.3, -0.25) is 4.99 Å². The number of halogens is 1.